The van der Waals surface area contributed by atoms with E-state index in [9.17, 15) is 13.2 Å². The molecule has 0 unspecified atom stereocenters. The van der Waals surface area contributed by atoms with Gasteiger partial charge in [-0.25, -0.2) is 8.42 Å². The SMILES string of the molecule is C[C@@H](NC(=O)c1ccc(Cl)c(N2CCCCS2(=O)=O)c1)c1ccccc1. The van der Waals surface area contributed by atoms with Gasteiger partial charge in [0.05, 0.1) is 22.5 Å². The monoisotopic (exact) mass is 392 g/mol. The highest BCUT2D eigenvalue weighted by atomic mass is 35.5. The second-order valence-corrected chi connectivity index (χ2v) is 8.79. The van der Waals surface area contributed by atoms with Gasteiger partial charge in [0.2, 0.25) is 10.0 Å². The summed E-state index contributed by atoms with van der Waals surface area (Å²) in [4.78, 5) is 12.6. The molecular weight excluding hydrogens is 372 g/mol. The van der Waals surface area contributed by atoms with Crippen LogP contribution in [0.3, 0.4) is 0 Å². The van der Waals surface area contributed by atoms with Crippen LogP contribution in [0.1, 0.15) is 41.7 Å². The summed E-state index contributed by atoms with van der Waals surface area (Å²) in [7, 11) is -3.39. The molecule has 1 aliphatic rings. The van der Waals surface area contributed by atoms with Gasteiger partial charge in [0, 0.05) is 12.1 Å². The van der Waals surface area contributed by atoms with Crippen molar-refractivity contribution in [1.29, 1.82) is 0 Å². The van der Waals surface area contributed by atoms with E-state index in [1.54, 1.807) is 18.2 Å². The first-order chi connectivity index (χ1) is 12.4. The molecule has 2 aromatic carbocycles. The van der Waals surface area contributed by atoms with E-state index >= 15 is 0 Å². The minimum atomic E-state index is -3.39. The summed E-state index contributed by atoms with van der Waals surface area (Å²) >= 11 is 6.23. The maximum atomic E-state index is 12.6. The van der Waals surface area contributed by atoms with Crippen LogP contribution in [0.2, 0.25) is 5.02 Å². The van der Waals surface area contributed by atoms with Crippen LogP contribution in [0.5, 0.6) is 0 Å². The first-order valence-electron chi connectivity index (χ1n) is 8.54. The second kappa shape index (κ2) is 7.68. The first kappa shape index (κ1) is 18.7. The first-order valence-corrected chi connectivity index (χ1v) is 10.5. The minimum Gasteiger partial charge on any atom is -0.346 e. The van der Waals surface area contributed by atoms with E-state index in [-0.39, 0.29) is 17.7 Å². The molecule has 1 fully saturated rings. The van der Waals surface area contributed by atoms with Crippen LogP contribution in [0, 0.1) is 0 Å². The van der Waals surface area contributed by atoms with Gasteiger partial charge in [-0.2, -0.15) is 0 Å². The number of nitrogens with zero attached hydrogens (tertiary/aromatic N) is 1. The number of nitrogens with one attached hydrogen (secondary N) is 1. The largest absolute Gasteiger partial charge is 0.346 e. The molecule has 7 heteroatoms. The Balaban J connectivity index is 1.84. The fourth-order valence-electron chi connectivity index (χ4n) is 3.01. The van der Waals surface area contributed by atoms with E-state index in [1.807, 2.05) is 37.3 Å². The van der Waals surface area contributed by atoms with Crippen LogP contribution in [-0.2, 0) is 10.0 Å². The molecule has 1 saturated heterocycles. The van der Waals surface area contributed by atoms with Crippen molar-refractivity contribution in [3.05, 3.63) is 64.7 Å². The average molecular weight is 393 g/mol. The maximum Gasteiger partial charge on any atom is 0.251 e. The van der Waals surface area contributed by atoms with Gasteiger partial charge in [-0.15, -0.1) is 0 Å². The number of carbonyl (C=O) groups is 1. The fourth-order valence-corrected chi connectivity index (χ4v) is 4.93. The Morgan fingerprint density at radius 3 is 2.58 bits per heavy atom. The molecule has 1 N–H and O–H groups in total. The Hall–Kier alpha value is -2.05. The quantitative estimate of drug-likeness (QED) is 0.861. The second-order valence-electron chi connectivity index (χ2n) is 6.37. The Labute approximate surface area is 159 Å². The number of hydrogen-bond donors (Lipinski definition) is 1. The van der Waals surface area contributed by atoms with E-state index in [1.165, 1.54) is 4.31 Å². The third-order valence-corrected chi connectivity index (χ3v) is 6.65. The molecule has 0 saturated carbocycles. The van der Waals surface area contributed by atoms with Gasteiger partial charge in [0.15, 0.2) is 0 Å². The van der Waals surface area contributed by atoms with E-state index < -0.39 is 10.0 Å². The lowest BCUT2D eigenvalue weighted by Crippen LogP contribution is -2.38. The number of rotatable bonds is 4. The molecule has 1 amide bonds. The zero-order valence-corrected chi connectivity index (χ0v) is 16.1. The third kappa shape index (κ3) is 4.02. The van der Waals surface area contributed by atoms with Crippen molar-refractivity contribution in [3.63, 3.8) is 0 Å². The molecule has 1 heterocycles. The smallest absolute Gasteiger partial charge is 0.251 e. The molecule has 0 spiro atoms. The molecule has 5 nitrogen and oxygen atoms in total. The van der Waals surface area contributed by atoms with Crippen molar-refractivity contribution in [2.45, 2.75) is 25.8 Å². The summed E-state index contributed by atoms with van der Waals surface area (Å²) < 4.78 is 26.0. The predicted octanol–water partition coefficient (Wildman–Crippen LogP) is 3.76. The fraction of sp³-hybridized carbons (Fsp3) is 0.316. The van der Waals surface area contributed by atoms with Crippen LogP contribution in [-0.4, -0.2) is 26.6 Å². The molecular formula is C19H21ClN2O3S. The van der Waals surface area contributed by atoms with E-state index in [0.29, 0.717) is 29.2 Å². The highest BCUT2D eigenvalue weighted by molar-refractivity contribution is 7.92. The number of benzene rings is 2. The van der Waals surface area contributed by atoms with Gasteiger partial charge in [0.25, 0.3) is 5.91 Å². The molecule has 3 rings (SSSR count). The Morgan fingerprint density at radius 1 is 1.15 bits per heavy atom. The molecule has 1 atom stereocenters. The summed E-state index contributed by atoms with van der Waals surface area (Å²) in [6, 6.07) is 14.2. The number of carbonyl (C=O) groups excluding carboxylic acids is 1. The highest BCUT2D eigenvalue weighted by Gasteiger charge is 2.28. The van der Waals surface area contributed by atoms with Crippen molar-refractivity contribution in [2.75, 3.05) is 16.6 Å². The van der Waals surface area contributed by atoms with Crippen molar-refractivity contribution < 1.29 is 13.2 Å². The lowest BCUT2D eigenvalue weighted by atomic mass is 10.1. The summed E-state index contributed by atoms with van der Waals surface area (Å²) in [5, 5.41) is 3.26. The zero-order chi connectivity index (χ0) is 18.7. The standard InChI is InChI=1S/C19H21ClN2O3S/c1-14(15-7-3-2-4-8-15)21-19(23)16-9-10-17(20)18(13-16)22-11-5-6-12-26(22,24)25/h2-4,7-10,13-14H,5-6,11-12H2,1H3,(H,21,23)/t14-/m1/s1. The lowest BCUT2D eigenvalue weighted by Gasteiger charge is -2.29. The number of amides is 1. The molecule has 2 aromatic rings. The van der Waals surface area contributed by atoms with Crippen LogP contribution in [0.25, 0.3) is 0 Å². The topological polar surface area (TPSA) is 66.5 Å². The molecule has 138 valence electrons. The lowest BCUT2D eigenvalue weighted by molar-refractivity contribution is 0.0940. The van der Waals surface area contributed by atoms with Crippen molar-refractivity contribution >= 4 is 33.2 Å². The Morgan fingerprint density at radius 2 is 1.88 bits per heavy atom. The minimum absolute atomic E-state index is 0.102. The van der Waals surface area contributed by atoms with Crippen molar-refractivity contribution in [2.24, 2.45) is 0 Å². The summed E-state index contributed by atoms with van der Waals surface area (Å²) in [6.07, 6.45) is 1.42. The summed E-state index contributed by atoms with van der Waals surface area (Å²) in [5.41, 5.74) is 1.74. The number of hydrogen-bond acceptors (Lipinski definition) is 3. The zero-order valence-electron chi connectivity index (χ0n) is 14.5. The van der Waals surface area contributed by atoms with Crippen molar-refractivity contribution in [3.8, 4) is 0 Å². The van der Waals surface area contributed by atoms with E-state index in [2.05, 4.69) is 5.32 Å². The molecule has 0 aromatic heterocycles. The van der Waals surface area contributed by atoms with Gasteiger partial charge in [-0.05, 0) is 43.5 Å². The van der Waals surface area contributed by atoms with Gasteiger partial charge >= 0.3 is 0 Å². The number of anilines is 1. The summed E-state index contributed by atoms with van der Waals surface area (Å²) in [5.74, 6) is -0.168. The maximum absolute atomic E-state index is 12.6. The number of halogens is 1. The van der Waals surface area contributed by atoms with Gasteiger partial charge in [0.1, 0.15) is 0 Å². The van der Waals surface area contributed by atoms with Crippen molar-refractivity contribution in [1.82, 2.24) is 5.32 Å². The van der Waals surface area contributed by atoms with Gasteiger partial charge in [-0.1, -0.05) is 41.9 Å². The molecule has 26 heavy (non-hydrogen) atoms. The van der Waals surface area contributed by atoms with Crippen LogP contribution in [0.4, 0.5) is 5.69 Å². The molecule has 0 aliphatic carbocycles. The highest BCUT2D eigenvalue weighted by Crippen LogP contribution is 2.31. The van der Waals surface area contributed by atoms with Crippen LogP contribution < -0.4 is 9.62 Å². The van der Waals surface area contributed by atoms with Crippen LogP contribution >= 0.6 is 11.6 Å². The van der Waals surface area contributed by atoms with E-state index in [0.717, 1.165) is 12.0 Å². The van der Waals surface area contributed by atoms with Crippen LogP contribution in [0.15, 0.2) is 48.5 Å². The predicted molar refractivity (Wildman–Crippen MR) is 104 cm³/mol. The third-order valence-electron chi connectivity index (χ3n) is 4.47. The Bertz CT molecular complexity index is 900. The average Bonchev–Trinajstić information content (AvgIpc) is 2.63. The van der Waals surface area contributed by atoms with Gasteiger partial charge in [-0.3, -0.25) is 9.10 Å². The van der Waals surface area contributed by atoms with Gasteiger partial charge < -0.3 is 5.32 Å². The Kier molecular flexibility index (Phi) is 5.53. The summed E-state index contributed by atoms with van der Waals surface area (Å²) in [6.45, 7) is 2.28. The molecule has 1 aliphatic heterocycles. The molecule has 0 radical (unpaired) electrons. The molecule has 0 bridgehead atoms. The van der Waals surface area contributed by atoms with E-state index in [4.69, 9.17) is 11.6 Å². The normalized spacial score (nSPS) is 17.5. The number of sulfonamides is 1.